The molecule has 0 radical (unpaired) electrons. The van der Waals surface area contributed by atoms with Gasteiger partial charge >= 0.3 is 6.18 Å². The van der Waals surface area contributed by atoms with Gasteiger partial charge in [0.05, 0.1) is 17.1 Å². The van der Waals surface area contributed by atoms with Crippen molar-refractivity contribution in [2.75, 3.05) is 29.9 Å². The van der Waals surface area contributed by atoms with Gasteiger partial charge in [-0.2, -0.15) is 13.2 Å². The number of carbonyl (C=O) groups excluding carboxylic acids is 1. The summed E-state index contributed by atoms with van der Waals surface area (Å²) in [5.41, 5.74) is -1.95. The molecular weight excluding hydrogens is 385 g/mol. The number of amides is 1. The van der Waals surface area contributed by atoms with Gasteiger partial charge in [0.2, 0.25) is 5.95 Å². The Morgan fingerprint density at radius 1 is 1.15 bits per heavy atom. The highest BCUT2D eigenvalue weighted by Gasteiger charge is 2.40. The minimum Gasteiger partial charge on any atom is -0.351 e. The molecule has 1 amide bonds. The molecule has 7 nitrogen and oxygen atoms in total. The topological polar surface area (TPSA) is 92.3 Å². The van der Waals surface area contributed by atoms with Crippen LogP contribution in [0.4, 0.5) is 19.1 Å². The van der Waals surface area contributed by atoms with Gasteiger partial charge in [0, 0.05) is 25.3 Å². The number of carbonyl (C=O) groups is 1. The number of anilines is 1. The van der Waals surface area contributed by atoms with Crippen molar-refractivity contribution in [2.24, 2.45) is 0 Å². The summed E-state index contributed by atoms with van der Waals surface area (Å²) in [7, 11) is -3.25. The number of rotatable bonds is 3. The van der Waals surface area contributed by atoms with E-state index in [4.69, 9.17) is 0 Å². The maximum atomic E-state index is 13.5. The van der Waals surface area contributed by atoms with E-state index in [1.165, 1.54) is 0 Å². The van der Waals surface area contributed by atoms with Gasteiger partial charge < -0.3 is 10.2 Å². The largest absolute Gasteiger partial charge is 0.434 e. The van der Waals surface area contributed by atoms with Crippen LogP contribution >= 0.6 is 0 Å². The Morgan fingerprint density at radius 3 is 2.37 bits per heavy atom. The van der Waals surface area contributed by atoms with Crippen LogP contribution in [0.15, 0.2) is 6.20 Å². The first-order valence-electron chi connectivity index (χ1n) is 8.86. The van der Waals surface area contributed by atoms with Crippen molar-refractivity contribution in [3.8, 4) is 0 Å². The average Bonchev–Trinajstić information content (AvgIpc) is 2.61. The molecule has 0 atom stereocenters. The monoisotopic (exact) mass is 406 g/mol. The molecule has 1 aliphatic carbocycles. The van der Waals surface area contributed by atoms with E-state index in [1.54, 1.807) is 0 Å². The second-order valence-electron chi connectivity index (χ2n) is 6.88. The van der Waals surface area contributed by atoms with Crippen molar-refractivity contribution < 1.29 is 26.4 Å². The van der Waals surface area contributed by atoms with Gasteiger partial charge in [0.15, 0.2) is 15.5 Å². The molecule has 0 bridgehead atoms. The van der Waals surface area contributed by atoms with Crippen molar-refractivity contribution in [1.29, 1.82) is 0 Å². The average molecular weight is 406 g/mol. The zero-order valence-electron chi connectivity index (χ0n) is 14.6. The number of halogens is 3. The number of nitrogens with one attached hydrogen (secondary N) is 1. The maximum Gasteiger partial charge on any atom is 0.434 e. The first kappa shape index (κ1) is 19.8. The van der Waals surface area contributed by atoms with Crippen molar-refractivity contribution in [3.63, 3.8) is 0 Å². The molecule has 0 aromatic carbocycles. The van der Waals surface area contributed by atoms with Crippen molar-refractivity contribution >= 4 is 21.7 Å². The summed E-state index contributed by atoms with van der Waals surface area (Å²) in [6.45, 7) is -0.277. The SMILES string of the molecule is O=C(c1cnc(NC2CCCCC2)nc1C(F)(F)F)N1CCS(=O)(=O)CC1. The first-order chi connectivity index (χ1) is 12.7. The van der Waals surface area contributed by atoms with E-state index in [-0.39, 0.29) is 36.6 Å². The molecular formula is C16H21F3N4O3S. The molecule has 0 unspecified atom stereocenters. The molecule has 3 rings (SSSR count). The van der Waals surface area contributed by atoms with Gasteiger partial charge in [-0.05, 0) is 12.8 Å². The third kappa shape index (κ3) is 4.88. The van der Waals surface area contributed by atoms with Crippen LogP contribution in [-0.2, 0) is 16.0 Å². The molecule has 1 aromatic rings. The molecule has 1 saturated carbocycles. The zero-order valence-corrected chi connectivity index (χ0v) is 15.4. The predicted octanol–water partition coefficient (Wildman–Crippen LogP) is 2.11. The Labute approximate surface area is 155 Å². The van der Waals surface area contributed by atoms with Crippen LogP contribution in [0.5, 0.6) is 0 Å². The summed E-state index contributed by atoms with van der Waals surface area (Å²) >= 11 is 0. The molecule has 0 spiro atoms. The van der Waals surface area contributed by atoms with Crippen LogP contribution in [0, 0.1) is 0 Å². The van der Waals surface area contributed by atoms with E-state index < -0.39 is 33.2 Å². The molecule has 2 heterocycles. The molecule has 11 heteroatoms. The third-order valence-electron chi connectivity index (χ3n) is 4.86. The summed E-state index contributed by atoms with van der Waals surface area (Å²) in [4.78, 5) is 21.1. The number of alkyl halides is 3. The normalized spacial score (nSPS) is 21.1. The fourth-order valence-corrected chi connectivity index (χ4v) is 4.54. The molecule has 27 heavy (non-hydrogen) atoms. The van der Waals surface area contributed by atoms with Gasteiger partial charge in [-0.1, -0.05) is 19.3 Å². The molecule has 1 N–H and O–H groups in total. The highest BCUT2D eigenvalue weighted by molar-refractivity contribution is 7.91. The Bertz CT molecular complexity index is 794. The fraction of sp³-hybridized carbons (Fsp3) is 0.688. The summed E-state index contributed by atoms with van der Waals surface area (Å²) in [6, 6.07) is 0.0219. The minimum absolute atomic E-state index is 0.0219. The molecule has 1 aliphatic heterocycles. The van der Waals surface area contributed by atoms with E-state index in [1.807, 2.05) is 0 Å². The van der Waals surface area contributed by atoms with E-state index in [0.717, 1.165) is 43.2 Å². The standard InChI is InChI=1S/C16H21F3N4O3S/c17-16(18,19)13-12(14(24)23-6-8-27(25,26)9-7-23)10-20-15(22-13)21-11-4-2-1-3-5-11/h10-11H,1-9H2,(H,20,21,22). The molecule has 1 aromatic heterocycles. The quantitative estimate of drug-likeness (QED) is 0.827. The minimum atomic E-state index is -4.82. The van der Waals surface area contributed by atoms with E-state index in [0.29, 0.717) is 0 Å². The zero-order chi connectivity index (χ0) is 19.7. The number of aromatic nitrogens is 2. The Morgan fingerprint density at radius 2 is 1.78 bits per heavy atom. The van der Waals surface area contributed by atoms with Crippen LogP contribution in [0.25, 0.3) is 0 Å². The van der Waals surface area contributed by atoms with Crippen LogP contribution in [0.3, 0.4) is 0 Å². The molecule has 2 aliphatic rings. The molecule has 1 saturated heterocycles. The van der Waals surface area contributed by atoms with Crippen LogP contribution < -0.4 is 5.32 Å². The number of hydrogen-bond donors (Lipinski definition) is 1. The lowest BCUT2D eigenvalue weighted by atomic mass is 9.96. The highest BCUT2D eigenvalue weighted by Crippen LogP contribution is 2.32. The fourth-order valence-electron chi connectivity index (χ4n) is 3.34. The predicted molar refractivity (Wildman–Crippen MR) is 92.1 cm³/mol. The highest BCUT2D eigenvalue weighted by atomic mass is 32.2. The Hall–Kier alpha value is -1.91. The van der Waals surface area contributed by atoms with Gasteiger partial charge in [-0.15, -0.1) is 0 Å². The summed E-state index contributed by atoms with van der Waals surface area (Å²) < 4.78 is 63.3. The third-order valence-corrected chi connectivity index (χ3v) is 6.47. The van der Waals surface area contributed by atoms with Crippen molar-refractivity contribution in [1.82, 2.24) is 14.9 Å². The Balaban J connectivity index is 1.82. The maximum absolute atomic E-state index is 13.5. The van der Waals surface area contributed by atoms with E-state index >= 15 is 0 Å². The first-order valence-corrected chi connectivity index (χ1v) is 10.7. The van der Waals surface area contributed by atoms with Crippen molar-refractivity contribution in [3.05, 3.63) is 17.5 Å². The van der Waals surface area contributed by atoms with E-state index in [9.17, 15) is 26.4 Å². The summed E-state index contributed by atoms with van der Waals surface area (Å²) in [6.07, 6.45) is 0.842. The van der Waals surface area contributed by atoms with Crippen LogP contribution in [0.2, 0.25) is 0 Å². The van der Waals surface area contributed by atoms with Gasteiger partial charge in [0.1, 0.15) is 0 Å². The summed E-state index contributed by atoms with van der Waals surface area (Å²) in [5, 5.41) is 2.92. The second-order valence-corrected chi connectivity index (χ2v) is 9.18. The lowest BCUT2D eigenvalue weighted by Gasteiger charge is -2.27. The van der Waals surface area contributed by atoms with Gasteiger partial charge in [0.25, 0.3) is 5.91 Å². The van der Waals surface area contributed by atoms with Crippen LogP contribution in [0.1, 0.15) is 48.2 Å². The second kappa shape index (κ2) is 7.61. The van der Waals surface area contributed by atoms with Crippen molar-refractivity contribution in [2.45, 2.75) is 44.3 Å². The summed E-state index contributed by atoms with van der Waals surface area (Å²) in [5.74, 6) is -1.57. The molecule has 2 fully saturated rings. The number of nitrogens with zero attached hydrogens (tertiary/aromatic N) is 3. The smallest absolute Gasteiger partial charge is 0.351 e. The molecule has 150 valence electrons. The lowest BCUT2D eigenvalue weighted by Crippen LogP contribution is -2.44. The van der Waals surface area contributed by atoms with E-state index in [2.05, 4.69) is 15.3 Å². The van der Waals surface area contributed by atoms with Gasteiger partial charge in [-0.25, -0.2) is 18.4 Å². The Kier molecular flexibility index (Phi) is 5.59. The number of hydrogen-bond acceptors (Lipinski definition) is 6. The van der Waals surface area contributed by atoms with Crippen LogP contribution in [-0.4, -0.2) is 59.8 Å². The lowest BCUT2D eigenvalue weighted by molar-refractivity contribution is -0.141. The van der Waals surface area contributed by atoms with Gasteiger partial charge in [-0.3, -0.25) is 4.79 Å². The number of sulfone groups is 1.